The number of hydrogen-bond acceptors (Lipinski definition) is 10. The van der Waals surface area contributed by atoms with Crippen molar-refractivity contribution in [1.82, 2.24) is 20.1 Å². The standard InChI is InChI=1S/C35H36ClFN6O5S/c1-47-34(45)29-28(39-31(32-38-13-16-49-32)40-30(29)26-12-9-22(37)17-27(26)36)20-41-14-15-42-24(18-41)19-43(35(42)46)23-10-7-21(8-11-23)33(44)48-25-5-3-2-4-6-25/h7-13,16-17,24-25,30H,2-6,14-15,18-20H2,1H3,(H,39,40)/t24-,30-/m0/s1. The number of esters is 2. The second-order valence-electron chi connectivity index (χ2n) is 12.6. The Morgan fingerprint density at radius 1 is 1.06 bits per heavy atom. The molecule has 4 aliphatic rings. The van der Waals surface area contributed by atoms with Crippen molar-refractivity contribution in [1.29, 1.82) is 0 Å². The quantitative estimate of drug-likeness (QED) is 0.303. The molecule has 49 heavy (non-hydrogen) atoms. The van der Waals surface area contributed by atoms with Crippen LogP contribution in [0.5, 0.6) is 0 Å². The lowest BCUT2D eigenvalue weighted by Crippen LogP contribution is -2.53. The Bertz CT molecular complexity index is 1800. The van der Waals surface area contributed by atoms with E-state index >= 15 is 0 Å². The van der Waals surface area contributed by atoms with Gasteiger partial charge in [-0.1, -0.05) is 24.1 Å². The normalized spacial score (nSPS) is 21.7. The molecule has 2 saturated heterocycles. The summed E-state index contributed by atoms with van der Waals surface area (Å²) in [4.78, 5) is 54.6. The first-order valence-corrected chi connectivity index (χ1v) is 17.7. The third-order valence-electron chi connectivity index (χ3n) is 9.48. The highest BCUT2D eigenvalue weighted by atomic mass is 35.5. The van der Waals surface area contributed by atoms with E-state index in [1.54, 1.807) is 35.4 Å². The van der Waals surface area contributed by atoms with E-state index in [1.807, 2.05) is 10.3 Å². The van der Waals surface area contributed by atoms with Gasteiger partial charge < -0.3 is 19.7 Å². The van der Waals surface area contributed by atoms with Crippen LogP contribution in [0.2, 0.25) is 5.02 Å². The van der Waals surface area contributed by atoms with E-state index in [9.17, 15) is 18.8 Å². The van der Waals surface area contributed by atoms with Crippen LogP contribution in [0, 0.1) is 5.82 Å². The van der Waals surface area contributed by atoms with Gasteiger partial charge >= 0.3 is 18.0 Å². The number of amidine groups is 1. The summed E-state index contributed by atoms with van der Waals surface area (Å²) < 4.78 is 24.9. The number of carbonyl (C=O) groups is 3. The topological polar surface area (TPSA) is 117 Å². The molecular formula is C35H36ClFN6O5S. The molecule has 0 radical (unpaired) electrons. The van der Waals surface area contributed by atoms with E-state index in [2.05, 4.69) is 15.2 Å². The molecule has 3 aliphatic heterocycles. The van der Waals surface area contributed by atoms with Gasteiger partial charge in [0.05, 0.1) is 24.3 Å². The zero-order valence-corrected chi connectivity index (χ0v) is 28.5. The molecule has 3 aromatic rings. The number of amides is 2. The minimum absolute atomic E-state index is 0.0268. The van der Waals surface area contributed by atoms with Crippen LogP contribution < -0.4 is 10.2 Å². The largest absolute Gasteiger partial charge is 0.466 e. The molecule has 1 saturated carbocycles. The second-order valence-corrected chi connectivity index (χ2v) is 13.9. The van der Waals surface area contributed by atoms with Crippen molar-refractivity contribution in [2.24, 2.45) is 4.99 Å². The molecule has 7 rings (SSSR count). The Kier molecular flexibility index (Phi) is 9.66. The number of carbonyl (C=O) groups excluding carboxylic acids is 3. The average molecular weight is 707 g/mol. The van der Waals surface area contributed by atoms with E-state index in [0.29, 0.717) is 66.1 Å². The number of ether oxygens (including phenoxy) is 2. The summed E-state index contributed by atoms with van der Waals surface area (Å²) in [5.41, 5.74) is 2.49. The Balaban J connectivity index is 1.09. The number of aromatic nitrogens is 1. The number of hydrogen-bond donors (Lipinski definition) is 1. The number of rotatable bonds is 8. The molecule has 3 fully saturated rings. The van der Waals surface area contributed by atoms with E-state index in [0.717, 1.165) is 25.7 Å². The van der Waals surface area contributed by atoms with E-state index in [4.69, 9.17) is 26.1 Å². The molecule has 1 aromatic heterocycles. The number of piperazine rings is 1. The summed E-state index contributed by atoms with van der Waals surface area (Å²) in [7, 11) is 1.31. The highest BCUT2D eigenvalue weighted by molar-refractivity contribution is 7.11. The highest BCUT2D eigenvalue weighted by Crippen LogP contribution is 2.37. The molecule has 1 N–H and O–H groups in total. The zero-order valence-electron chi connectivity index (χ0n) is 26.9. The maximum Gasteiger partial charge on any atom is 0.338 e. The van der Waals surface area contributed by atoms with Crippen LogP contribution in [0.1, 0.15) is 59.1 Å². The van der Waals surface area contributed by atoms with Crippen molar-refractivity contribution in [2.75, 3.05) is 44.7 Å². The highest BCUT2D eigenvalue weighted by Gasteiger charge is 2.42. The number of anilines is 1. The van der Waals surface area contributed by atoms with Gasteiger partial charge in [-0.15, -0.1) is 11.3 Å². The predicted molar refractivity (Wildman–Crippen MR) is 183 cm³/mol. The van der Waals surface area contributed by atoms with E-state index in [-0.39, 0.29) is 34.7 Å². The van der Waals surface area contributed by atoms with Crippen LogP contribution in [0.25, 0.3) is 0 Å². The first kappa shape index (κ1) is 33.2. The molecule has 0 bridgehead atoms. The lowest BCUT2D eigenvalue weighted by Gasteiger charge is -2.38. The summed E-state index contributed by atoms with van der Waals surface area (Å²) in [5.74, 6) is -0.943. The van der Waals surface area contributed by atoms with Crippen molar-refractivity contribution in [3.8, 4) is 0 Å². The van der Waals surface area contributed by atoms with Gasteiger partial charge in [0.1, 0.15) is 18.0 Å². The number of nitrogens with one attached hydrogen (secondary N) is 1. The van der Waals surface area contributed by atoms with Crippen LogP contribution in [-0.4, -0.2) is 90.6 Å². The molecule has 2 aromatic carbocycles. The molecule has 11 nitrogen and oxygen atoms in total. The average Bonchev–Trinajstić information content (AvgIpc) is 3.77. The summed E-state index contributed by atoms with van der Waals surface area (Å²) >= 11 is 7.89. The first-order valence-electron chi connectivity index (χ1n) is 16.4. The number of aliphatic imine (C=N–C) groups is 1. The van der Waals surface area contributed by atoms with Gasteiger partial charge in [-0.3, -0.25) is 14.8 Å². The van der Waals surface area contributed by atoms with Crippen molar-refractivity contribution in [3.63, 3.8) is 0 Å². The molecule has 256 valence electrons. The molecule has 2 atom stereocenters. The lowest BCUT2D eigenvalue weighted by atomic mass is 9.95. The van der Waals surface area contributed by atoms with Gasteiger partial charge in [0.2, 0.25) is 0 Å². The van der Waals surface area contributed by atoms with E-state index < -0.39 is 17.8 Å². The number of fused-ring (bicyclic) bond motifs is 1. The predicted octanol–water partition coefficient (Wildman–Crippen LogP) is 5.57. The number of thiazole rings is 1. The number of benzene rings is 2. The van der Waals surface area contributed by atoms with Gasteiger partial charge in [0.25, 0.3) is 0 Å². The smallest absolute Gasteiger partial charge is 0.338 e. The van der Waals surface area contributed by atoms with Crippen LogP contribution in [0.4, 0.5) is 14.9 Å². The molecule has 2 amide bonds. The fraction of sp³-hybridized carbons (Fsp3) is 0.400. The number of halogens is 2. The lowest BCUT2D eigenvalue weighted by molar-refractivity contribution is -0.136. The summed E-state index contributed by atoms with van der Waals surface area (Å²) in [5, 5.41) is 5.93. The summed E-state index contributed by atoms with van der Waals surface area (Å²) in [6.45, 7) is 2.41. The molecule has 14 heteroatoms. The monoisotopic (exact) mass is 706 g/mol. The Morgan fingerprint density at radius 2 is 1.86 bits per heavy atom. The first-order chi connectivity index (χ1) is 23.8. The van der Waals surface area contributed by atoms with Crippen molar-refractivity contribution >= 4 is 52.4 Å². The van der Waals surface area contributed by atoms with Crippen molar-refractivity contribution < 1.29 is 28.2 Å². The molecule has 4 heterocycles. The van der Waals surface area contributed by atoms with Crippen LogP contribution in [0.15, 0.2) is 70.3 Å². The Hall–Kier alpha value is -4.33. The molecule has 0 unspecified atom stereocenters. The minimum Gasteiger partial charge on any atom is -0.466 e. The Labute approximate surface area is 292 Å². The van der Waals surface area contributed by atoms with Crippen molar-refractivity contribution in [2.45, 2.75) is 50.3 Å². The van der Waals surface area contributed by atoms with Gasteiger partial charge in [-0.2, -0.15) is 0 Å². The fourth-order valence-corrected chi connectivity index (χ4v) is 7.86. The maximum absolute atomic E-state index is 14.0. The number of urea groups is 1. The Morgan fingerprint density at radius 3 is 2.57 bits per heavy atom. The van der Waals surface area contributed by atoms with Gasteiger partial charge in [0, 0.05) is 66.3 Å². The maximum atomic E-state index is 14.0. The fourth-order valence-electron chi connectivity index (χ4n) is 7.00. The van der Waals surface area contributed by atoms with Gasteiger partial charge in [-0.25, -0.2) is 23.8 Å². The van der Waals surface area contributed by atoms with Crippen LogP contribution in [0.3, 0.4) is 0 Å². The number of nitrogens with zero attached hydrogens (tertiary/aromatic N) is 5. The molecule has 1 aliphatic carbocycles. The van der Waals surface area contributed by atoms with Crippen LogP contribution in [-0.2, 0) is 14.3 Å². The third kappa shape index (κ3) is 6.92. The molecule has 0 spiro atoms. The SMILES string of the molecule is COC(=O)C1=C(CN2CCN3C(=O)N(c4ccc(C(=O)OC5CCCCC5)cc4)C[C@@H]3C2)NC(c2nccs2)=N[C@H]1c1ccc(F)cc1Cl. The number of methoxy groups -OCH3 is 1. The van der Waals surface area contributed by atoms with Crippen molar-refractivity contribution in [3.05, 3.63) is 92.3 Å². The molecular weight excluding hydrogens is 671 g/mol. The minimum atomic E-state index is -0.858. The third-order valence-corrected chi connectivity index (χ3v) is 10.6. The van der Waals surface area contributed by atoms with Gasteiger partial charge in [-0.05, 0) is 62.1 Å². The zero-order chi connectivity index (χ0) is 34.1. The van der Waals surface area contributed by atoms with Crippen LogP contribution >= 0.6 is 22.9 Å². The summed E-state index contributed by atoms with van der Waals surface area (Å²) in [6.07, 6.45) is 6.79. The van der Waals surface area contributed by atoms with E-state index in [1.165, 1.54) is 43.1 Å². The summed E-state index contributed by atoms with van der Waals surface area (Å²) in [6, 6.07) is 10.0. The second kappa shape index (κ2) is 14.3. The van der Waals surface area contributed by atoms with Gasteiger partial charge in [0.15, 0.2) is 10.8 Å².